The second kappa shape index (κ2) is 9.76. The van der Waals surface area contributed by atoms with Crippen molar-refractivity contribution >= 4 is 23.2 Å². The third kappa shape index (κ3) is 6.29. The molecule has 33 heavy (non-hydrogen) atoms. The molecule has 1 aliphatic heterocycles. The van der Waals surface area contributed by atoms with Gasteiger partial charge in [0.25, 0.3) is 5.91 Å². The lowest BCUT2D eigenvalue weighted by molar-refractivity contribution is -0.353. The van der Waals surface area contributed by atoms with E-state index in [0.29, 0.717) is 13.1 Å². The molecule has 1 aliphatic carbocycles. The summed E-state index contributed by atoms with van der Waals surface area (Å²) in [4.78, 5) is 14.3. The van der Waals surface area contributed by atoms with Crippen LogP contribution in [-0.2, 0) is 9.53 Å². The van der Waals surface area contributed by atoms with Gasteiger partial charge in [0, 0.05) is 31.4 Å². The highest BCUT2D eigenvalue weighted by Gasteiger charge is 2.41. The Kier molecular flexibility index (Phi) is 6.99. The maximum absolute atomic E-state index is 13.4. The summed E-state index contributed by atoms with van der Waals surface area (Å²) < 4.78 is 61.2. The first-order valence-electron chi connectivity index (χ1n) is 10.6. The summed E-state index contributed by atoms with van der Waals surface area (Å²) >= 11 is 5.62. The zero-order chi connectivity index (χ0) is 23.6. The SMILES string of the molecule is O=C(COc1ccc(Cl)c(F)c1)NC1CCN(c2cnn([C@H]3C[C@@H](OC(F)(F)F)C3)c2)CC1. The van der Waals surface area contributed by atoms with E-state index in [2.05, 4.69) is 20.1 Å². The third-order valence-electron chi connectivity index (χ3n) is 5.82. The van der Waals surface area contributed by atoms with Crippen LogP contribution in [0, 0.1) is 5.82 Å². The number of alkyl halides is 3. The average molecular weight is 491 g/mol. The Bertz CT molecular complexity index is 973. The van der Waals surface area contributed by atoms with E-state index in [9.17, 15) is 22.4 Å². The first kappa shape index (κ1) is 23.6. The summed E-state index contributed by atoms with van der Waals surface area (Å²) in [5.74, 6) is -0.684. The van der Waals surface area contributed by atoms with E-state index in [0.717, 1.165) is 24.6 Å². The molecule has 1 aromatic heterocycles. The molecule has 2 fully saturated rings. The average Bonchev–Trinajstić information content (AvgIpc) is 3.21. The smallest absolute Gasteiger partial charge is 0.484 e. The number of piperidine rings is 1. The molecule has 180 valence electrons. The number of hydrogen-bond donors (Lipinski definition) is 1. The Labute approximate surface area is 192 Å². The van der Waals surface area contributed by atoms with Crippen molar-refractivity contribution in [2.45, 2.75) is 50.2 Å². The van der Waals surface area contributed by atoms with Crippen LogP contribution in [0.2, 0.25) is 5.02 Å². The molecule has 2 aliphatic rings. The molecule has 2 heterocycles. The van der Waals surface area contributed by atoms with Crippen molar-refractivity contribution in [3.8, 4) is 5.75 Å². The summed E-state index contributed by atoms with van der Waals surface area (Å²) in [6.45, 7) is 1.17. The van der Waals surface area contributed by atoms with Crippen LogP contribution >= 0.6 is 11.6 Å². The van der Waals surface area contributed by atoms with Crippen molar-refractivity contribution in [1.82, 2.24) is 15.1 Å². The lowest BCUT2D eigenvalue weighted by Crippen LogP contribution is -2.46. The second-order valence-corrected chi connectivity index (χ2v) is 8.59. The Morgan fingerprint density at radius 3 is 2.64 bits per heavy atom. The normalized spacial score (nSPS) is 21.5. The van der Waals surface area contributed by atoms with E-state index in [1.165, 1.54) is 12.1 Å². The molecule has 2 aromatic rings. The monoisotopic (exact) mass is 490 g/mol. The molecule has 1 saturated heterocycles. The molecule has 4 rings (SSSR count). The zero-order valence-corrected chi connectivity index (χ0v) is 18.3. The van der Waals surface area contributed by atoms with Gasteiger partial charge in [0.2, 0.25) is 0 Å². The van der Waals surface area contributed by atoms with Gasteiger partial charge in [-0.15, -0.1) is 13.2 Å². The van der Waals surface area contributed by atoms with Gasteiger partial charge in [-0.3, -0.25) is 14.2 Å². The minimum atomic E-state index is -4.61. The quantitative estimate of drug-likeness (QED) is 0.592. The van der Waals surface area contributed by atoms with Crippen LogP contribution in [0.3, 0.4) is 0 Å². The maximum atomic E-state index is 13.4. The molecule has 12 heteroatoms. The highest BCUT2D eigenvalue weighted by molar-refractivity contribution is 6.30. The lowest BCUT2D eigenvalue weighted by Gasteiger charge is -2.35. The number of anilines is 1. The number of hydrogen-bond acceptors (Lipinski definition) is 5. The molecule has 1 amide bonds. The van der Waals surface area contributed by atoms with Gasteiger partial charge in [-0.25, -0.2) is 4.39 Å². The zero-order valence-electron chi connectivity index (χ0n) is 17.5. The van der Waals surface area contributed by atoms with Crippen LogP contribution in [0.25, 0.3) is 0 Å². The highest BCUT2D eigenvalue weighted by Crippen LogP contribution is 2.38. The number of nitrogens with one attached hydrogen (secondary N) is 1. The van der Waals surface area contributed by atoms with Crippen molar-refractivity contribution in [2.75, 3.05) is 24.6 Å². The van der Waals surface area contributed by atoms with Crippen molar-refractivity contribution in [2.24, 2.45) is 0 Å². The van der Waals surface area contributed by atoms with E-state index in [1.54, 1.807) is 10.9 Å². The number of ether oxygens (including phenoxy) is 2. The number of benzene rings is 1. The molecule has 0 unspecified atom stereocenters. The molecule has 0 atom stereocenters. The van der Waals surface area contributed by atoms with E-state index < -0.39 is 18.3 Å². The minimum absolute atomic E-state index is 0.0127. The number of rotatable bonds is 7. The van der Waals surface area contributed by atoms with Crippen LogP contribution in [-0.4, -0.2) is 53.9 Å². The van der Waals surface area contributed by atoms with Gasteiger partial charge < -0.3 is 15.0 Å². The van der Waals surface area contributed by atoms with Crippen LogP contribution in [0.1, 0.15) is 31.7 Å². The van der Waals surface area contributed by atoms with Crippen LogP contribution in [0.4, 0.5) is 23.2 Å². The predicted molar refractivity (Wildman–Crippen MR) is 112 cm³/mol. The standard InChI is InChI=1S/C21H23ClF4N4O3/c22-18-2-1-16(9-19(18)23)32-12-20(31)28-13-3-5-29(6-4-13)15-10-27-30(11-15)14-7-17(8-14)33-21(24,25)26/h1-2,9-11,13-14,17H,3-8,12H2,(H,28,31)/t14-,17+. The number of halogens is 5. The fourth-order valence-electron chi connectivity index (χ4n) is 4.00. The van der Waals surface area contributed by atoms with E-state index >= 15 is 0 Å². The van der Waals surface area contributed by atoms with E-state index in [1.807, 2.05) is 6.20 Å². The van der Waals surface area contributed by atoms with Crippen molar-refractivity contribution in [3.05, 3.63) is 41.4 Å². The second-order valence-electron chi connectivity index (χ2n) is 8.18. The summed E-state index contributed by atoms with van der Waals surface area (Å²) in [6, 6.07) is 3.87. The topological polar surface area (TPSA) is 68.6 Å². The number of nitrogens with zero attached hydrogens (tertiary/aromatic N) is 3. The predicted octanol–water partition coefficient (Wildman–Crippen LogP) is 4.08. The van der Waals surface area contributed by atoms with Crippen LogP contribution in [0.5, 0.6) is 5.75 Å². The Hall–Kier alpha value is -2.53. The first-order valence-corrected chi connectivity index (χ1v) is 10.9. The third-order valence-corrected chi connectivity index (χ3v) is 6.12. The Morgan fingerprint density at radius 1 is 1.24 bits per heavy atom. The number of amides is 1. The molecule has 1 saturated carbocycles. The van der Waals surface area contributed by atoms with Gasteiger partial charge in [0.15, 0.2) is 6.61 Å². The van der Waals surface area contributed by atoms with Crippen molar-refractivity contribution in [3.63, 3.8) is 0 Å². The van der Waals surface area contributed by atoms with Crippen molar-refractivity contribution in [1.29, 1.82) is 0 Å². The lowest BCUT2D eigenvalue weighted by atomic mass is 9.89. The fourth-order valence-corrected chi connectivity index (χ4v) is 4.11. The molecule has 1 N–H and O–H groups in total. The largest absolute Gasteiger partial charge is 0.522 e. The van der Waals surface area contributed by atoms with Crippen molar-refractivity contribution < 1.29 is 31.8 Å². The first-order chi connectivity index (χ1) is 15.7. The maximum Gasteiger partial charge on any atom is 0.522 e. The van der Waals surface area contributed by atoms with Gasteiger partial charge in [-0.1, -0.05) is 11.6 Å². The van der Waals surface area contributed by atoms with Gasteiger partial charge in [-0.2, -0.15) is 5.10 Å². The number of aromatic nitrogens is 2. The minimum Gasteiger partial charge on any atom is -0.484 e. The van der Waals surface area contributed by atoms with Gasteiger partial charge in [-0.05, 0) is 37.8 Å². The van der Waals surface area contributed by atoms with Crippen LogP contribution in [0.15, 0.2) is 30.6 Å². The molecule has 0 bridgehead atoms. The molecular formula is C21H23ClF4N4O3. The highest BCUT2D eigenvalue weighted by atomic mass is 35.5. The summed E-state index contributed by atoms with van der Waals surface area (Å²) in [5.41, 5.74) is 0.896. The van der Waals surface area contributed by atoms with Crippen LogP contribution < -0.4 is 15.0 Å². The fraction of sp³-hybridized carbons (Fsp3) is 0.524. The Balaban J connectivity index is 1.18. The molecule has 7 nitrogen and oxygen atoms in total. The Morgan fingerprint density at radius 2 is 1.97 bits per heavy atom. The number of carbonyl (C=O) groups excluding carboxylic acids is 1. The molecular weight excluding hydrogens is 468 g/mol. The summed E-state index contributed by atoms with van der Waals surface area (Å²) in [5, 5.41) is 7.19. The molecule has 0 radical (unpaired) electrons. The van der Waals surface area contributed by atoms with Gasteiger partial charge in [0.05, 0.1) is 29.1 Å². The van der Waals surface area contributed by atoms with Gasteiger partial charge >= 0.3 is 6.36 Å². The van der Waals surface area contributed by atoms with Gasteiger partial charge in [0.1, 0.15) is 11.6 Å². The molecule has 0 spiro atoms. The summed E-state index contributed by atoms with van der Waals surface area (Å²) in [6.07, 6.45) is 0.116. The molecule has 1 aromatic carbocycles. The summed E-state index contributed by atoms with van der Waals surface area (Å²) in [7, 11) is 0. The van der Waals surface area contributed by atoms with E-state index in [-0.39, 0.29) is 48.2 Å². The number of carbonyl (C=O) groups is 1. The van der Waals surface area contributed by atoms with E-state index in [4.69, 9.17) is 16.3 Å².